The highest BCUT2D eigenvalue weighted by Crippen LogP contribution is 2.31. The van der Waals surface area contributed by atoms with E-state index >= 15 is 0 Å². The van der Waals surface area contributed by atoms with Crippen molar-refractivity contribution in [2.45, 2.75) is 25.3 Å². The van der Waals surface area contributed by atoms with Crippen LogP contribution in [0.5, 0.6) is 0 Å². The molecule has 0 aliphatic carbocycles. The van der Waals surface area contributed by atoms with E-state index in [1.54, 1.807) is 4.90 Å². The van der Waals surface area contributed by atoms with Crippen LogP contribution >= 0.6 is 12.4 Å². The monoisotopic (exact) mass is 373 g/mol. The van der Waals surface area contributed by atoms with E-state index in [-0.39, 0.29) is 42.6 Å². The Hall–Kier alpha value is -2.11. The molecule has 0 spiro atoms. The predicted octanol–water partition coefficient (Wildman–Crippen LogP) is 2.48. The van der Waals surface area contributed by atoms with E-state index in [4.69, 9.17) is 0 Å². The molecule has 2 heterocycles. The first-order chi connectivity index (χ1) is 12.2. The van der Waals surface area contributed by atoms with Gasteiger partial charge < -0.3 is 15.5 Å². The average molecular weight is 374 g/mol. The molecule has 2 fully saturated rings. The van der Waals surface area contributed by atoms with Gasteiger partial charge in [-0.3, -0.25) is 9.59 Å². The number of hydrogen-bond donors (Lipinski definition) is 2. The quantitative estimate of drug-likeness (QED) is 0.868. The molecule has 2 saturated heterocycles. The molecule has 2 N–H and O–H groups in total. The summed E-state index contributed by atoms with van der Waals surface area (Å²) in [6.07, 6.45) is 2.37. The lowest BCUT2D eigenvalue weighted by Crippen LogP contribution is -2.47. The maximum absolute atomic E-state index is 12.6. The molecule has 2 aliphatic heterocycles. The number of hydrogen-bond acceptors (Lipinski definition) is 3. The Bertz CT molecular complexity index is 799. The summed E-state index contributed by atoms with van der Waals surface area (Å²) in [5.41, 5.74) is 0.901. The average Bonchev–Trinajstić information content (AvgIpc) is 3.04. The minimum absolute atomic E-state index is 0. The number of carbonyl (C=O) groups is 2. The number of anilines is 1. The van der Waals surface area contributed by atoms with Gasteiger partial charge in [0.05, 0.1) is 11.6 Å². The van der Waals surface area contributed by atoms with Gasteiger partial charge in [0, 0.05) is 30.9 Å². The number of carbonyl (C=O) groups excluding carboxylic acids is 2. The van der Waals surface area contributed by atoms with Crippen LogP contribution in [0.15, 0.2) is 42.5 Å². The van der Waals surface area contributed by atoms with Gasteiger partial charge >= 0.3 is 0 Å². The molecule has 0 bridgehead atoms. The minimum Gasteiger partial charge on any atom is -0.352 e. The molecule has 2 unspecified atom stereocenters. The van der Waals surface area contributed by atoms with Crippen LogP contribution in [0.1, 0.15) is 19.3 Å². The molecule has 6 heteroatoms. The molecular weight excluding hydrogens is 350 g/mol. The fourth-order valence-corrected chi connectivity index (χ4v) is 3.85. The van der Waals surface area contributed by atoms with Gasteiger partial charge in [0.1, 0.15) is 0 Å². The fraction of sp³-hybridized carbons (Fsp3) is 0.400. The molecule has 0 aromatic heterocycles. The third-order valence-corrected chi connectivity index (χ3v) is 5.20. The van der Waals surface area contributed by atoms with Gasteiger partial charge in [-0.25, -0.2) is 0 Å². The summed E-state index contributed by atoms with van der Waals surface area (Å²) in [5, 5.41) is 8.57. The Morgan fingerprint density at radius 3 is 2.77 bits per heavy atom. The van der Waals surface area contributed by atoms with Crippen molar-refractivity contribution in [3.05, 3.63) is 42.5 Å². The van der Waals surface area contributed by atoms with Gasteiger partial charge in [0.15, 0.2) is 0 Å². The number of fused-ring (bicyclic) bond motifs is 1. The third kappa shape index (κ3) is 3.69. The Morgan fingerprint density at radius 1 is 1.15 bits per heavy atom. The van der Waals surface area contributed by atoms with Crippen molar-refractivity contribution in [3.63, 3.8) is 0 Å². The van der Waals surface area contributed by atoms with Crippen molar-refractivity contribution >= 4 is 40.7 Å². The molecule has 2 aliphatic rings. The first kappa shape index (κ1) is 18.7. The highest BCUT2D eigenvalue weighted by atomic mass is 35.5. The summed E-state index contributed by atoms with van der Waals surface area (Å²) in [5.74, 6) is -0.239. The lowest BCUT2D eigenvalue weighted by molar-refractivity contribution is -0.127. The van der Waals surface area contributed by atoms with Crippen molar-refractivity contribution in [1.29, 1.82) is 0 Å². The molecular formula is C20H24ClN3O2. The molecule has 5 nitrogen and oxygen atoms in total. The Labute approximate surface area is 159 Å². The second kappa shape index (κ2) is 8.06. The Kier molecular flexibility index (Phi) is 5.79. The molecule has 0 radical (unpaired) electrons. The highest BCUT2D eigenvalue weighted by Gasteiger charge is 2.36. The molecule has 2 amide bonds. The number of amides is 2. The predicted molar refractivity (Wildman–Crippen MR) is 106 cm³/mol. The summed E-state index contributed by atoms with van der Waals surface area (Å²) in [7, 11) is 0. The van der Waals surface area contributed by atoms with Gasteiger partial charge in [-0.05, 0) is 30.8 Å². The van der Waals surface area contributed by atoms with Gasteiger partial charge in [-0.1, -0.05) is 36.4 Å². The first-order valence-electron chi connectivity index (χ1n) is 9.01. The third-order valence-electron chi connectivity index (χ3n) is 5.20. The van der Waals surface area contributed by atoms with Crippen LogP contribution < -0.4 is 15.5 Å². The summed E-state index contributed by atoms with van der Waals surface area (Å²) < 4.78 is 0. The summed E-state index contributed by atoms with van der Waals surface area (Å²) >= 11 is 0. The first-order valence-corrected chi connectivity index (χ1v) is 9.01. The van der Waals surface area contributed by atoms with E-state index in [2.05, 4.69) is 10.6 Å². The Balaban J connectivity index is 0.00000196. The van der Waals surface area contributed by atoms with E-state index in [1.165, 1.54) is 0 Å². The van der Waals surface area contributed by atoms with Crippen LogP contribution in [-0.2, 0) is 9.59 Å². The standard InChI is InChI=1S/C20H23N3O2.ClH/c24-19-11-15(20(25)22-16-7-4-10-21-12-16)13-23(19)18-9-3-6-14-5-1-2-8-17(14)18;/h1-3,5-6,8-9,15-16,21H,4,7,10-13H2,(H,22,25);1H. The lowest BCUT2D eigenvalue weighted by atomic mass is 10.0. The van der Waals surface area contributed by atoms with Gasteiger partial charge in [0.25, 0.3) is 0 Å². The van der Waals surface area contributed by atoms with Crippen molar-refractivity contribution in [2.24, 2.45) is 5.92 Å². The normalized spacial score (nSPS) is 22.9. The maximum Gasteiger partial charge on any atom is 0.227 e. The van der Waals surface area contributed by atoms with Crippen molar-refractivity contribution in [3.8, 4) is 0 Å². The molecule has 0 saturated carbocycles. The maximum atomic E-state index is 12.6. The molecule has 138 valence electrons. The molecule has 26 heavy (non-hydrogen) atoms. The van der Waals surface area contributed by atoms with E-state index in [1.807, 2.05) is 42.5 Å². The minimum atomic E-state index is -0.270. The highest BCUT2D eigenvalue weighted by molar-refractivity contribution is 6.07. The van der Waals surface area contributed by atoms with Crippen molar-refractivity contribution in [1.82, 2.24) is 10.6 Å². The molecule has 2 atom stereocenters. The summed E-state index contributed by atoms with van der Waals surface area (Å²) in [6, 6.07) is 14.2. The molecule has 2 aromatic carbocycles. The van der Waals surface area contributed by atoms with E-state index in [0.29, 0.717) is 6.54 Å². The summed E-state index contributed by atoms with van der Waals surface area (Å²) in [4.78, 5) is 26.9. The zero-order chi connectivity index (χ0) is 17.2. The van der Waals surface area contributed by atoms with Crippen LogP contribution in [0.2, 0.25) is 0 Å². The number of piperidine rings is 1. The van der Waals surface area contributed by atoms with E-state index in [0.717, 1.165) is 42.4 Å². The van der Waals surface area contributed by atoms with Crippen LogP contribution in [0, 0.1) is 5.92 Å². The number of rotatable bonds is 3. The van der Waals surface area contributed by atoms with Gasteiger partial charge in [-0.2, -0.15) is 0 Å². The van der Waals surface area contributed by atoms with E-state index < -0.39 is 0 Å². The largest absolute Gasteiger partial charge is 0.352 e. The number of nitrogens with zero attached hydrogens (tertiary/aromatic N) is 1. The van der Waals surface area contributed by atoms with Crippen LogP contribution in [0.4, 0.5) is 5.69 Å². The zero-order valence-electron chi connectivity index (χ0n) is 14.6. The van der Waals surface area contributed by atoms with Crippen LogP contribution in [0.3, 0.4) is 0 Å². The van der Waals surface area contributed by atoms with Gasteiger partial charge in [0.2, 0.25) is 11.8 Å². The second-order valence-electron chi connectivity index (χ2n) is 6.96. The van der Waals surface area contributed by atoms with Crippen LogP contribution in [0.25, 0.3) is 10.8 Å². The van der Waals surface area contributed by atoms with Gasteiger partial charge in [-0.15, -0.1) is 12.4 Å². The van der Waals surface area contributed by atoms with Crippen molar-refractivity contribution in [2.75, 3.05) is 24.5 Å². The van der Waals surface area contributed by atoms with E-state index in [9.17, 15) is 9.59 Å². The number of benzene rings is 2. The fourth-order valence-electron chi connectivity index (χ4n) is 3.85. The SMILES string of the molecule is Cl.O=C(NC1CCCNC1)C1CC(=O)N(c2cccc3ccccc23)C1. The zero-order valence-corrected chi connectivity index (χ0v) is 15.4. The topological polar surface area (TPSA) is 61.4 Å². The second-order valence-corrected chi connectivity index (χ2v) is 6.96. The number of halogens is 1. The molecule has 4 rings (SSSR count). The number of nitrogens with one attached hydrogen (secondary N) is 2. The van der Waals surface area contributed by atoms with Crippen LogP contribution in [-0.4, -0.2) is 37.5 Å². The Morgan fingerprint density at radius 2 is 1.96 bits per heavy atom. The molecule has 2 aromatic rings. The lowest BCUT2D eigenvalue weighted by Gasteiger charge is -2.25. The van der Waals surface area contributed by atoms with Crippen molar-refractivity contribution < 1.29 is 9.59 Å². The summed E-state index contributed by atoms with van der Waals surface area (Å²) in [6.45, 7) is 2.29. The smallest absolute Gasteiger partial charge is 0.227 e.